The normalized spacial score (nSPS) is 12.9. The summed E-state index contributed by atoms with van der Waals surface area (Å²) in [4.78, 5) is 5.74. The van der Waals surface area contributed by atoms with Crippen molar-refractivity contribution in [2.75, 3.05) is 7.05 Å². The predicted octanol–water partition coefficient (Wildman–Crippen LogP) is 2.75. The van der Waals surface area contributed by atoms with E-state index in [1.165, 1.54) is 4.88 Å². The number of nitrogens with one attached hydrogen (secondary N) is 1. The van der Waals surface area contributed by atoms with Gasteiger partial charge in [-0.2, -0.15) is 0 Å². The van der Waals surface area contributed by atoms with E-state index in [2.05, 4.69) is 43.9 Å². The number of likely N-dealkylation sites (N-methyl/N-ethyl adjacent to an activating group) is 1. The highest BCUT2D eigenvalue weighted by Crippen LogP contribution is 2.24. The van der Waals surface area contributed by atoms with E-state index >= 15 is 0 Å². The number of halogens is 1. The van der Waals surface area contributed by atoms with Gasteiger partial charge in [-0.15, -0.1) is 11.3 Å². The Hall–Kier alpha value is -0.650. The summed E-state index contributed by atoms with van der Waals surface area (Å²) in [7, 11) is 3.97. The molecule has 0 aliphatic rings. The van der Waals surface area contributed by atoms with Crippen LogP contribution >= 0.6 is 27.3 Å². The van der Waals surface area contributed by atoms with Crippen LogP contribution in [0.4, 0.5) is 0 Å². The van der Waals surface area contributed by atoms with Crippen LogP contribution in [-0.4, -0.2) is 16.6 Å². The van der Waals surface area contributed by atoms with Crippen LogP contribution in [0.2, 0.25) is 0 Å². The molecule has 0 spiro atoms. The van der Waals surface area contributed by atoms with Gasteiger partial charge in [-0.3, -0.25) is 0 Å². The van der Waals surface area contributed by atoms with Gasteiger partial charge in [-0.05, 0) is 29.0 Å². The average molecular weight is 300 g/mol. The Kier molecular flexibility index (Phi) is 3.78. The van der Waals surface area contributed by atoms with E-state index in [0.717, 1.165) is 16.6 Å². The predicted molar refractivity (Wildman–Crippen MR) is 70.7 cm³/mol. The molecule has 1 atom stereocenters. The molecule has 5 heteroatoms. The van der Waals surface area contributed by atoms with Gasteiger partial charge in [0.25, 0.3) is 0 Å². The van der Waals surface area contributed by atoms with E-state index in [-0.39, 0.29) is 6.04 Å². The van der Waals surface area contributed by atoms with Crippen LogP contribution in [0, 0.1) is 0 Å². The molecule has 0 aliphatic heterocycles. The van der Waals surface area contributed by atoms with Crippen LogP contribution in [0.25, 0.3) is 0 Å². The third kappa shape index (κ3) is 2.72. The molecular formula is C11H14BrN3S. The minimum absolute atomic E-state index is 0.284. The highest BCUT2D eigenvalue weighted by Gasteiger charge is 2.13. The fourth-order valence-corrected chi connectivity index (χ4v) is 3.13. The first-order valence-corrected chi connectivity index (χ1v) is 6.74. The SMILES string of the molecule is CNC(Cc1cc(Br)cs1)c1cn(C)cn1. The lowest BCUT2D eigenvalue weighted by Gasteiger charge is -2.12. The van der Waals surface area contributed by atoms with Gasteiger partial charge in [0.2, 0.25) is 0 Å². The van der Waals surface area contributed by atoms with Crippen molar-refractivity contribution in [1.29, 1.82) is 0 Å². The lowest BCUT2D eigenvalue weighted by atomic mass is 10.1. The molecule has 0 amide bonds. The number of aromatic nitrogens is 2. The lowest BCUT2D eigenvalue weighted by Crippen LogP contribution is -2.18. The first-order chi connectivity index (χ1) is 7.69. The summed E-state index contributed by atoms with van der Waals surface area (Å²) in [6.45, 7) is 0. The zero-order valence-electron chi connectivity index (χ0n) is 9.27. The lowest BCUT2D eigenvalue weighted by molar-refractivity contribution is 0.582. The van der Waals surface area contributed by atoms with E-state index in [4.69, 9.17) is 0 Å². The molecule has 1 unspecified atom stereocenters. The molecule has 16 heavy (non-hydrogen) atoms. The van der Waals surface area contributed by atoms with Gasteiger partial charge in [0.1, 0.15) is 0 Å². The standard InChI is InChI=1S/C11H14BrN3S/c1-13-10(11-5-15(2)7-14-11)4-9-3-8(12)6-16-9/h3,5-7,10,13H,4H2,1-2H3. The van der Waals surface area contributed by atoms with Crippen LogP contribution in [0.15, 0.2) is 28.4 Å². The van der Waals surface area contributed by atoms with Crippen molar-refractivity contribution >= 4 is 27.3 Å². The molecule has 0 fully saturated rings. The Balaban J connectivity index is 2.12. The average Bonchev–Trinajstić information content (AvgIpc) is 2.84. The zero-order chi connectivity index (χ0) is 11.5. The number of hydrogen-bond donors (Lipinski definition) is 1. The van der Waals surface area contributed by atoms with Crippen molar-refractivity contribution in [3.63, 3.8) is 0 Å². The van der Waals surface area contributed by atoms with Crippen LogP contribution < -0.4 is 5.32 Å². The van der Waals surface area contributed by atoms with Crippen LogP contribution in [0.5, 0.6) is 0 Å². The molecular weight excluding hydrogens is 286 g/mol. The summed E-state index contributed by atoms with van der Waals surface area (Å²) in [5.74, 6) is 0. The van der Waals surface area contributed by atoms with Gasteiger partial charge in [-0.25, -0.2) is 4.98 Å². The molecule has 86 valence electrons. The molecule has 0 saturated carbocycles. The van der Waals surface area contributed by atoms with Crippen molar-refractivity contribution in [3.05, 3.63) is 39.0 Å². The van der Waals surface area contributed by atoms with Crippen molar-refractivity contribution in [3.8, 4) is 0 Å². The summed E-state index contributed by atoms with van der Waals surface area (Å²) in [6, 6.07) is 2.45. The molecule has 0 radical (unpaired) electrons. The molecule has 2 rings (SSSR count). The first kappa shape index (κ1) is 11.8. The van der Waals surface area contributed by atoms with Gasteiger partial charge in [-0.1, -0.05) is 0 Å². The smallest absolute Gasteiger partial charge is 0.0947 e. The Morgan fingerprint density at radius 3 is 2.94 bits per heavy atom. The fourth-order valence-electron chi connectivity index (χ4n) is 1.63. The van der Waals surface area contributed by atoms with E-state index in [1.54, 1.807) is 11.3 Å². The topological polar surface area (TPSA) is 29.9 Å². The maximum Gasteiger partial charge on any atom is 0.0947 e. The Labute approximate surface area is 108 Å². The van der Waals surface area contributed by atoms with Gasteiger partial charge in [0.15, 0.2) is 0 Å². The Morgan fingerprint density at radius 2 is 2.44 bits per heavy atom. The summed E-state index contributed by atoms with van der Waals surface area (Å²) in [5, 5.41) is 5.42. The third-order valence-corrected chi connectivity index (χ3v) is 4.18. The van der Waals surface area contributed by atoms with Gasteiger partial charge in [0, 0.05) is 34.4 Å². The molecule has 1 N–H and O–H groups in total. The number of rotatable bonds is 4. The second-order valence-electron chi connectivity index (χ2n) is 3.74. The Bertz CT molecular complexity index is 463. The molecule has 2 aromatic heterocycles. The third-order valence-electron chi connectivity index (χ3n) is 2.46. The first-order valence-electron chi connectivity index (χ1n) is 5.07. The molecule has 2 aromatic rings. The maximum absolute atomic E-state index is 4.38. The molecule has 0 bridgehead atoms. The van der Waals surface area contributed by atoms with Crippen LogP contribution in [-0.2, 0) is 13.5 Å². The molecule has 0 aromatic carbocycles. The number of thiophene rings is 1. The minimum atomic E-state index is 0.284. The number of hydrogen-bond acceptors (Lipinski definition) is 3. The highest BCUT2D eigenvalue weighted by molar-refractivity contribution is 9.10. The van der Waals surface area contributed by atoms with Gasteiger partial charge in [0.05, 0.1) is 18.1 Å². The van der Waals surface area contributed by atoms with Gasteiger partial charge >= 0.3 is 0 Å². The van der Waals surface area contributed by atoms with Crippen molar-refractivity contribution in [2.24, 2.45) is 7.05 Å². The molecule has 0 saturated heterocycles. The quantitative estimate of drug-likeness (QED) is 0.941. The van der Waals surface area contributed by atoms with E-state index in [1.807, 2.05) is 25.0 Å². The second kappa shape index (κ2) is 5.12. The highest BCUT2D eigenvalue weighted by atomic mass is 79.9. The Morgan fingerprint density at radius 1 is 1.62 bits per heavy atom. The summed E-state index contributed by atoms with van der Waals surface area (Å²) in [6.07, 6.45) is 4.87. The molecule has 3 nitrogen and oxygen atoms in total. The van der Waals surface area contributed by atoms with Gasteiger partial charge < -0.3 is 9.88 Å². The van der Waals surface area contributed by atoms with Crippen molar-refractivity contribution in [2.45, 2.75) is 12.5 Å². The van der Waals surface area contributed by atoms with E-state index in [9.17, 15) is 0 Å². The van der Waals surface area contributed by atoms with E-state index in [0.29, 0.717) is 0 Å². The maximum atomic E-state index is 4.38. The minimum Gasteiger partial charge on any atom is -0.340 e. The second-order valence-corrected chi connectivity index (χ2v) is 5.65. The largest absolute Gasteiger partial charge is 0.340 e. The summed E-state index contributed by atoms with van der Waals surface area (Å²) >= 11 is 5.25. The number of aryl methyl sites for hydroxylation is 1. The number of nitrogens with zero attached hydrogens (tertiary/aromatic N) is 2. The van der Waals surface area contributed by atoms with Crippen LogP contribution in [0.1, 0.15) is 16.6 Å². The zero-order valence-corrected chi connectivity index (χ0v) is 11.7. The molecule has 2 heterocycles. The fraction of sp³-hybridized carbons (Fsp3) is 0.364. The number of imidazole rings is 1. The summed E-state index contributed by atoms with van der Waals surface area (Å²) < 4.78 is 3.13. The monoisotopic (exact) mass is 299 g/mol. The van der Waals surface area contributed by atoms with Crippen molar-refractivity contribution < 1.29 is 0 Å². The van der Waals surface area contributed by atoms with E-state index < -0.39 is 0 Å². The van der Waals surface area contributed by atoms with Crippen molar-refractivity contribution in [1.82, 2.24) is 14.9 Å². The summed E-state index contributed by atoms with van der Waals surface area (Å²) in [5.41, 5.74) is 1.09. The molecule has 0 aliphatic carbocycles. The van der Waals surface area contributed by atoms with Crippen LogP contribution in [0.3, 0.4) is 0 Å².